The second-order valence-electron chi connectivity index (χ2n) is 9.13. The lowest BCUT2D eigenvalue weighted by atomic mass is 10.0. The number of hydrogen-bond acceptors (Lipinski definition) is 4. The molecule has 0 aromatic heterocycles. The van der Waals surface area contributed by atoms with Crippen molar-refractivity contribution in [3.8, 4) is 23.6 Å². The van der Waals surface area contributed by atoms with E-state index >= 15 is 0 Å². The molecule has 0 fully saturated rings. The first kappa shape index (κ1) is 25.2. The van der Waals surface area contributed by atoms with E-state index in [-0.39, 0.29) is 11.1 Å². The summed E-state index contributed by atoms with van der Waals surface area (Å²) in [5, 5.41) is 2.35. The second-order valence-corrected chi connectivity index (χ2v) is 14.1. The molecule has 1 aliphatic rings. The molecule has 31 heavy (non-hydrogen) atoms. The van der Waals surface area contributed by atoms with Crippen molar-refractivity contribution < 1.29 is 18.7 Å². The molecular formula is C25H31ClO4Si. The van der Waals surface area contributed by atoms with Gasteiger partial charge in [0.2, 0.25) is 0 Å². The Morgan fingerprint density at radius 2 is 1.90 bits per heavy atom. The normalized spacial score (nSPS) is 19.9. The van der Waals surface area contributed by atoms with Gasteiger partial charge in [-0.1, -0.05) is 57.0 Å². The van der Waals surface area contributed by atoms with Gasteiger partial charge < -0.3 is 13.9 Å². The number of hydrogen-bond donors (Lipinski definition) is 0. The van der Waals surface area contributed by atoms with Crippen molar-refractivity contribution in [1.82, 2.24) is 0 Å². The van der Waals surface area contributed by atoms with E-state index in [1.54, 1.807) is 0 Å². The summed E-state index contributed by atoms with van der Waals surface area (Å²) in [4.78, 5) is 11.7. The molecule has 0 N–H and O–H groups in total. The summed E-state index contributed by atoms with van der Waals surface area (Å²) in [7, 11) is -2.11. The van der Waals surface area contributed by atoms with Gasteiger partial charge in [-0.2, -0.15) is 0 Å². The number of ether oxygens (including phenoxy) is 2. The fraction of sp³-hybridized carbons (Fsp3) is 0.480. The third-order valence-corrected chi connectivity index (χ3v) is 10.4. The van der Waals surface area contributed by atoms with Gasteiger partial charge in [0, 0.05) is 29.9 Å². The topological polar surface area (TPSA) is 44.8 Å². The van der Waals surface area contributed by atoms with Gasteiger partial charge in [0.1, 0.15) is 0 Å². The van der Waals surface area contributed by atoms with Crippen molar-refractivity contribution in [2.45, 2.75) is 77.2 Å². The second kappa shape index (κ2) is 10.5. The number of carbonyl (C=O) groups excluding carboxylic acids is 1. The van der Waals surface area contributed by atoms with Crippen LogP contribution in [0.5, 0.6) is 0 Å². The van der Waals surface area contributed by atoms with Crippen LogP contribution >= 0.6 is 11.6 Å². The van der Waals surface area contributed by atoms with Crippen molar-refractivity contribution in [2.75, 3.05) is 0 Å². The quantitative estimate of drug-likeness (QED) is 0.310. The van der Waals surface area contributed by atoms with Gasteiger partial charge in [-0.25, -0.2) is 0 Å². The minimum Gasteiger partial charge on any atom is -0.444 e. The zero-order chi connectivity index (χ0) is 23.2. The van der Waals surface area contributed by atoms with Gasteiger partial charge in [-0.3, -0.25) is 4.79 Å². The lowest BCUT2D eigenvalue weighted by Gasteiger charge is -2.38. The Kier molecular flexibility index (Phi) is 8.57. The van der Waals surface area contributed by atoms with Crippen LogP contribution in [0.1, 0.15) is 39.7 Å². The van der Waals surface area contributed by atoms with E-state index < -0.39 is 26.5 Å². The van der Waals surface area contributed by atoms with E-state index in [4.69, 9.17) is 31.9 Å². The predicted octanol–water partition coefficient (Wildman–Crippen LogP) is 5.43. The lowest BCUT2D eigenvalue weighted by Crippen LogP contribution is -2.44. The van der Waals surface area contributed by atoms with Crippen molar-refractivity contribution in [2.24, 2.45) is 0 Å². The molecule has 1 aromatic carbocycles. The van der Waals surface area contributed by atoms with E-state index in [1.807, 2.05) is 30.3 Å². The van der Waals surface area contributed by atoms with Crippen molar-refractivity contribution in [3.05, 3.63) is 47.0 Å². The molecule has 0 radical (unpaired) electrons. The van der Waals surface area contributed by atoms with Crippen LogP contribution in [-0.4, -0.2) is 32.6 Å². The Labute approximate surface area is 192 Å². The standard InChI is InChI=1S/C25H31ClO4Si/c1-8-20-22(30-31(6,7)25(3,4)5)16-23(28-17-19-12-10-9-11-13-19)24(20)21(14-15-26)29-18(2)27/h1,9-13,21-23H,16-17H2,2-7H3/t21-,22-,23+/m1/s1. The van der Waals surface area contributed by atoms with Crippen LogP contribution < -0.4 is 0 Å². The Morgan fingerprint density at radius 3 is 2.42 bits per heavy atom. The molecule has 4 nitrogen and oxygen atoms in total. The van der Waals surface area contributed by atoms with E-state index in [0.717, 1.165) is 5.56 Å². The van der Waals surface area contributed by atoms with Crippen LogP contribution in [0, 0.1) is 23.6 Å². The molecule has 6 heteroatoms. The van der Waals surface area contributed by atoms with Crippen LogP contribution in [0.3, 0.4) is 0 Å². The smallest absolute Gasteiger partial charge is 0.304 e. The highest BCUT2D eigenvalue weighted by molar-refractivity contribution is 6.74. The van der Waals surface area contributed by atoms with Crippen LogP contribution in [0.25, 0.3) is 0 Å². The van der Waals surface area contributed by atoms with Crippen molar-refractivity contribution in [1.29, 1.82) is 0 Å². The SMILES string of the molecule is C#CC1=C([C@@H](C#CCl)OC(C)=O)[C@@H](OCc2ccccc2)C[C@H]1O[Si](C)(C)C(C)(C)C. The maximum atomic E-state index is 11.7. The number of benzene rings is 1. The number of terminal acetylenes is 1. The monoisotopic (exact) mass is 458 g/mol. The summed E-state index contributed by atoms with van der Waals surface area (Å²) in [5.74, 6) is 5.06. The average Bonchev–Trinajstić information content (AvgIpc) is 3.02. The van der Waals surface area contributed by atoms with Gasteiger partial charge in [-0.15, -0.1) is 6.42 Å². The number of esters is 1. The van der Waals surface area contributed by atoms with Crippen molar-refractivity contribution >= 4 is 25.9 Å². The highest BCUT2D eigenvalue weighted by Gasteiger charge is 2.45. The zero-order valence-electron chi connectivity index (χ0n) is 19.1. The molecule has 0 saturated carbocycles. The number of rotatable bonds is 7. The molecule has 1 aliphatic carbocycles. The number of carbonyl (C=O) groups is 1. The molecular weight excluding hydrogens is 428 g/mol. The highest BCUT2D eigenvalue weighted by Crippen LogP contribution is 2.42. The molecule has 0 heterocycles. The maximum Gasteiger partial charge on any atom is 0.304 e. The molecule has 1 aromatic rings. The lowest BCUT2D eigenvalue weighted by molar-refractivity contribution is -0.142. The molecule has 0 bridgehead atoms. The third-order valence-electron chi connectivity index (χ3n) is 5.85. The van der Waals surface area contributed by atoms with E-state index in [9.17, 15) is 4.79 Å². The summed E-state index contributed by atoms with van der Waals surface area (Å²) < 4.78 is 18.4. The zero-order valence-corrected chi connectivity index (χ0v) is 20.9. The summed E-state index contributed by atoms with van der Waals surface area (Å²) in [5.41, 5.74) is 2.31. The molecule has 0 aliphatic heterocycles. The maximum absolute atomic E-state index is 11.7. The first-order chi connectivity index (χ1) is 14.5. The van der Waals surface area contributed by atoms with Gasteiger partial charge in [0.25, 0.3) is 0 Å². The van der Waals surface area contributed by atoms with Crippen LogP contribution in [0.4, 0.5) is 0 Å². The Morgan fingerprint density at radius 1 is 1.26 bits per heavy atom. The minimum absolute atomic E-state index is 0.0150. The van der Waals surface area contributed by atoms with Gasteiger partial charge >= 0.3 is 5.97 Å². The van der Waals surface area contributed by atoms with E-state index in [1.165, 1.54) is 6.92 Å². The van der Waals surface area contributed by atoms with E-state index in [0.29, 0.717) is 24.2 Å². The molecule has 166 valence electrons. The Bertz CT molecular complexity index is 913. The summed E-state index contributed by atoms with van der Waals surface area (Å²) in [6, 6.07) is 9.86. The summed E-state index contributed by atoms with van der Waals surface area (Å²) >= 11 is 5.68. The molecule has 0 spiro atoms. The Balaban J connectivity index is 2.42. The van der Waals surface area contributed by atoms with Gasteiger partial charge in [-0.05, 0) is 41.2 Å². The first-order valence-electron chi connectivity index (χ1n) is 10.3. The molecule has 0 unspecified atom stereocenters. The third kappa shape index (κ3) is 6.48. The predicted molar refractivity (Wildman–Crippen MR) is 127 cm³/mol. The molecule has 0 saturated heterocycles. The number of halogens is 1. The largest absolute Gasteiger partial charge is 0.444 e. The van der Waals surface area contributed by atoms with Gasteiger partial charge in [0.05, 0.1) is 18.8 Å². The minimum atomic E-state index is -2.11. The highest BCUT2D eigenvalue weighted by atomic mass is 35.5. The molecule has 3 atom stereocenters. The van der Waals surface area contributed by atoms with Crippen LogP contribution in [0.2, 0.25) is 18.1 Å². The van der Waals surface area contributed by atoms with E-state index in [2.05, 4.69) is 51.1 Å². The summed E-state index contributed by atoms with van der Waals surface area (Å²) in [6.07, 6.45) is 4.86. The van der Waals surface area contributed by atoms with Crippen LogP contribution in [0.15, 0.2) is 41.5 Å². The fourth-order valence-electron chi connectivity index (χ4n) is 3.24. The van der Waals surface area contributed by atoms with Gasteiger partial charge in [0.15, 0.2) is 14.4 Å². The summed E-state index contributed by atoms with van der Waals surface area (Å²) in [6.45, 7) is 12.6. The van der Waals surface area contributed by atoms with Crippen LogP contribution in [-0.2, 0) is 25.3 Å². The molecule has 0 amide bonds. The van der Waals surface area contributed by atoms with Crippen molar-refractivity contribution in [3.63, 3.8) is 0 Å². The average molecular weight is 459 g/mol. The first-order valence-corrected chi connectivity index (χ1v) is 13.6. The molecule has 2 rings (SSSR count). The fourth-order valence-corrected chi connectivity index (χ4v) is 4.62. The Hall–Kier alpha value is -2.02.